The molecule has 0 aliphatic carbocycles. The summed E-state index contributed by atoms with van der Waals surface area (Å²) in [6.45, 7) is 3.64. The van der Waals surface area contributed by atoms with Gasteiger partial charge in [0, 0.05) is 41.2 Å². The highest BCUT2D eigenvalue weighted by atomic mass is 35.5. The van der Waals surface area contributed by atoms with Crippen molar-refractivity contribution in [2.45, 2.75) is 37.3 Å². The summed E-state index contributed by atoms with van der Waals surface area (Å²) in [6, 6.07) is 23.4. The standard InChI is InChI=1S/C34H37ClN4O6S/c1-22-19-39(23(2)21-40)33(41)18-25-17-27(36-34(42)37-30-10-6-8-24-7-4-5-9-29(24)30)13-16-31(25)45-32(22)20-38(3)46(43,44)28-14-11-26(35)12-15-28/h4-17,22-23,32,40H,18-21H2,1-3H3,(H2,36,37,42)/t22-,23+,32-/m1/s1. The van der Waals surface area contributed by atoms with E-state index in [0.29, 0.717) is 27.7 Å². The number of nitrogens with zero attached hydrogens (tertiary/aromatic N) is 2. The fourth-order valence-corrected chi connectivity index (χ4v) is 6.79. The van der Waals surface area contributed by atoms with Crippen molar-refractivity contribution in [1.82, 2.24) is 9.21 Å². The molecule has 3 atom stereocenters. The number of nitrogens with one attached hydrogen (secondary N) is 2. The zero-order chi connectivity index (χ0) is 33.0. The van der Waals surface area contributed by atoms with E-state index in [9.17, 15) is 23.1 Å². The molecule has 0 fully saturated rings. The Morgan fingerprint density at radius 2 is 1.78 bits per heavy atom. The van der Waals surface area contributed by atoms with E-state index >= 15 is 0 Å². The van der Waals surface area contributed by atoms with Crippen LogP contribution >= 0.6 is 11.6 Å². The van der Waals surface area contributed by atoms with Crippen LogP contribution in [0.25, 0.3) is 10.8 Å². The summed E-state index contributed by atoms with van der Waals surface area (Å²) in [5.74, 6) is -0.129. The van der Waals surface area contributed by atoms with Gasteiger partial charge in [-0.3, -0.25) is 4.79 Å². The Balaban J connectivity index is 1.41. The number of carbonyl (C=O) groups is 2. The number of benzene rings is 4. The van der Waals surface area contributed by atoms with Gasteiger partial charge in [-0.2, -0.15) is 4.31 Å². The zero-order valence-corrected chi connectivity index (χ0v) is 27.4. The van der Waals surface area contributed by atoms with Crippen molar-refractivity contribution in [2.24, 2.45) is 5.92 Å². The minimum Gasteiger partial charge on any atom is -0.488 e. The number of ether oxygens (including phenoxy) is 1. The van der Waals surface area contributed by atoms with Crippen LogP contribution in [-0.4, -0.2) is 73.6 Å². The van der Waals surface area contributed by atoms with Crippen molar-refractivity contribution in [3.8, 4) is 5.75 Å². The van der Waals surface area contributed by atoms with Gasteiger partial charge in [0.25, 0.3) is 0 Å². The fourth-order valence-electron chi connectivity index (χ4n) is 5.48. The Morgan fingerprint density at radius 1 is 1.07 bits per heavy atom. The molecular formula is C34H37ClN4O6S. The molecule has 0 saturated heterocycles. The van der Waals surface area contributed by atoms with Gasteiger partial charge in [0.2, 0.25) is 15.9 Å². The molecule has 12 heteroatoms. The van der Waals surface area contributed by atoms with Crippen LogP contribution in [0.2, 0.25) is 5.02 Å². The molecule has 4 aromatic carbocycles. The molecule has 0 bridgehead atoms. The van der Waals surface area contributed by atoms with Crippen molar-refractivity contribution in [3.63, 3.8) is 0 Å². The smallest absolute Gasteiger partial charge is 0.323 e. The summed E-state index contributed by atoms with van der Waals surface area (Å²) in [7, 11) is -2.39. The maximum Gasteiger partial charge on any atom is 0.323 e. The molecule has 0 saturated carbocycles. The van der Waals surface area contributed by atoms with Crippen molar-refractivity contribution >= 4 is 55.7 Å². The lowest BCUT2D eigenvalue weighted by molar-refractivity contribution is -0.134. The summed E-state index contributed by atoms with van der Waals surface area (Å²) in [4.78, 5) is 28.3. The van der Waals surface area contributed by atoms with Gasteiger partial charge in [0.15, 0.2) is 0 Å². The predicted molar refractivity (Wildman–Crippen MR) is 180 cm³/mol. The summed E-state index contributed by atoms with van der Waals surface area (Å²) in [5.41, 5.74) is 1.62. The number of fused-ring (bicyclic) bond motifs is 2. The Labute approximate surface area is 274 Å². The molecule has 10 nitrogen and oxygen atoms in total. The van der Waals surface area contributed by atoms with Crippen LogP contribution in [0.3, 0.4) is 0 Å². The van der Waals surface area contributed by atoms with Crippen LogP contribution in [0.15, 0.2) is 89.8 Å². The van der Waals surface area contributed by atoms with E-state index < -0.39 is 28.2 Å². The normalized spacial score (nSPS) is 17.8. The van der Waals surface area contributed by atoms with Crippen LogP contribution < -0.4 is 15.4 Å². The number of hydrogen-bond acceptors (Lipinski definition) is 6. The molecule has 242 valence electrons. The second-order valence-corrected chi connectivity index (χ2v) is 14.0. The maximum absolute atomic E-state index is 13.6. The van der Waals surface area contributed by atoms with Gasteiger partial charge in [-0.15, -0.1) is 0 Å². The molecule has 0 spiro atoms. The molecular weight excluding hydrogens is 628 g/mol. The first-order chi connectivity index (χ1) is 22.0. The average molecular weight is 665 g/mol. The molecule has 4 aromatic rings. The number of rotatable bonds is 8. The quantitative estimate of drug-likeness (QED) is 0.225. The lowest BCUT2D eigenvalue weighted by atomic mass is 10.0. The molecule has 0 unspecified atom stereocenters. The highest BCUT2D eigenvalue weighted by Gasteiger charge is 2.33. The molecule has 1 aliphatic heterocycles. The third-order valence-electron chi connectivity index (χ3n) is 8.17. The number of carbonyl (C=O) groups excluding carboxylic acids is 2. The molecule has 3 amide bonds. The second kappa shape index (κ2) is 14.1. The first-order valence-electron chi connectivity index (χ1n) is 14.9. The van der Waals surface area contributed by atoms with Crippen LogP contribution in [0.5, 0.6) is 5.75 Å². The summed E-state index contributed by atoms with van der Waals surface area (Å²) < 4.78 is 34.5. The van der Waals surface area contributed by atoms with Gasteiger partial charge in [-0.25, -0.2) is 13.2 Å². The van der Waals surface area contributed by atoms with Gasteiger partial charge in [-0.05, 0) is 60.8 Å². The minimum atomic E-state index is -3.87. The number of hydrogen-bond donors (Lipinski definition) is 3. The van der Waals surface area contributed by atoms with Crippen molar-refractivity contribution in [3.05, 3.63) is 95.5 Å². The average Bonchev–Trinajstić information content (AvgIpc) is 3.08. The first kappa shape index (κ1) is 33.2. The number of amides is 3. The number of urea groups is 1. The number of sulfonamides is 1. The van der Waals surface area contributed by atoms with E-state index in [1.165, 1.54) is 35.6 Å². The number of likely N-dealkylation sites (N-methyl/N-ethyl adjacent to an activating group) is 1. The second-order valence-electron chi connectivity index (χ2n) is 11.6. The number of aliphatic hydroxyl groups excluding tert-OH is 1. The summed E-state index contributed by atoms with van der Waals surface area (Å²) >= 11 is 5.97. The van der Waals surface area contributed by atoms with E-state index in [4.69, 9.17) is 16.3 Å². The molecule has 5 rings (SSSR count). The first-order valence-corrected chi connectivity index (χ1v) is 16.8. The van der Waals surface area contributed by atoms with E-state index in [1.54, 1.807) is 30.0 Å². The fraction of sp³-hybridized carbons (Fsp3) is 0.294. The number of halogens is 1. The maximum atomic E-state index is 13.6. The molecule has 0 radical (unpaired) electrons. The highest BCUT2D eigenvalue weighted by Crippen LogP contribution is 2.30. The van der Waals surface area contributed by atoms with Gasteiger partial charge in [-0.1, -0.05) is 54.9 Å². The Morgan fingerprint density at radius 3 is 2.52 bits per heavy atom. The van der Waals surface area contributed by atoms with Gasteiger partial charge >= 0.3 is 6.03 Å². The van der Waals surface area contributed by atoms with Gasteiger partial charge in [0.1, 0.15) is 11.9 Å². The molecule has 0 aromatic heterocycles. The minimum absolute atomic E-state index is 0.00541. The Hall–Kier alpha value is -4.16. The van der Waals surface area contributed by atoms with Gasteiger partial charge < -0.3 is 25.4 Å². The lowest BCUT2D eigenvalue weighted by Crippen LogP contribution is -2.48. The zero-order valence-electron chi connectivity index (χ0n) is 25.8. The lowest BCUT2D eigenvalue weighted by Gasteiger charge is -2.33. The monoisotopic (exact) mass is 664 g/mol. The van der Waals surface area contributed by atoms with E-state index in [0.717, 1.165) is 10.8 Å². The Bertz CT molecular complexity index is 1830. The topological polar surface area (TPSA) is 128 Å². The SMILES string of the molecule is C[C@@H]1CN([C@@H](C)CO)C(=O)Cc2cc(NC(=O)Nc3cccc4ccccc34)ccc2O[C@@H]1CN(C)S(=O)(=O)c1ccc(Cl)cc1. The number of aliphatic hydroxyl groups is 1. The third-order valence-corrected chi connectivity index (χ3v) is 10.3. The van der Waals surface area contributed by atoms with Crippen LogP contribution in [0.4, 0.5) is 16.2 Å². The molecule has 1 aliphatic rings. The molecule has 1 heterocycles. The van der Waals surface area contributed by atoms with E-state index in [2.05, 4.69) is 10.6 Å². The van der Waals surface area contributed by atoms with Crippen LogP contribution in [0.1, 0.15) is 19.4 Å². The van der Waals surface area contributed by atoms with E-state index in [-0.39, 0.29) is 42.8 Å². The van der Waals surface area contributed by atoms with Gasteiger partial charge in [0.05, 0.1) is 36.2 Å². The Kier molecular flexibility index (Phi) is 10.2. The highest BCUT2D eigenvalue weighted by molar-refractivity contribution is 7.89. The molecule has 46 heavy (non-hydrogen) atoms. The van der Waals surface area contributed by atoms with Crippen molar-refractivity contribution in [2.75, 3.05) is 37.4 Å². The van der Waals surface area contributed by atoms with E-state index in [1.807, 2.05) is 49.4 Å². The third kappa shape index (κ3) is 7.45. The number of anilines is 2. The predicted octanol–water partition coefficient (Wildman–Crippen LogP) is 5.61. The summed E-state index contributed by atoms with van der Waals surface area (Å²) in [5, 5.41) is 18.0. The van der Waals surface area contributed by atoms with Crippen LogP contribution in [0, 0.1) is 5.92 Å². The summed E-state index contributed by atoms with van der Waals surface area (Å²) in [6.07, 6.45) is -0.697. The molecule has 3 N–H and O–H groups in total. The van der Waals surface area contributed by atoms with Crippen molar-refractivity contribution < 1.29 is 27.9 Å². The largest absolute Gasteiger partial charge is 0.488 e. The van der Waals surface area contributed by atoms with Crippen LogP contribution in [-0.2, 0) is 21.2 Å². The van der Waals surface area contributed by atoms with Crippen molar-refractivity contribution in [1.29, 1.82) is 0 Å².